The maximum atomic E-state index is 14.1. The minimum absolute atomic E-state index is 0.0243. The first kappa shape index (κ1) is 15.2. The Morgan fingerprint density at radius 2 is 2.00 bits per heavy atom. The fourth-order valence-corrected chi connectivity index (χ4v) is 3.26. The molecule has 0 bridgehead atoms. The Labute approximate surface area is 143 Å². The number of hydrogen-bond acceptors (Lipinski definition) is 5. The molecule has 0 atom stereocenters. The lowest BCUT2D eigenvalue weighted by molar-refractivity contribution is 0.0997. The number of carbonyl (C=O) groups excluding carboxylic acids is 1. The molecule has 0 spiro atoms. The Morgan fingerprint density at radius 3 is 2.68 bits per heavy atom. The van der Waals surface area contributed by atoms with E-state index in [2.05, 4.69) is 15.0 Å². The van der Waals surface area contributed by atoms with Crippen LogP contribution in [0.25, 0.3) is 27.6 Å². The van der Waals surface area contributed by atoms with E-state index in [9.17, 15) is 14.0 Å². The zero-order valence-corrected chi connectivity index (χ0v) is 13.4. The average molecular weight is 355 g/mol. The number of hydrogen-bond donors (Lipinski definition) is 2. The Balaban J connectivity index is 2.11. The van der Waals surface area contributed by atoms with Gasteiger partial charge in [-0.3, -0.25) is 4.79 Å². The van der Waals surface area contributed by atoms with Crippen molar-refractivity contribution in [1.29, 1.82) is 0 Å². The van der Waals surface area contributed by atoms with Crippen LogP contribution in [0.4, 0.5) is 4.39 Å². The molecule has 3 aromatic heterocycles. The first-order valence-corrected chi connectivity index (χ1v) is 8.05. The Hall–Kier alpha value is -3.33. The molecule has 0 aliphatic rings. The average Bonchev–Trinajstić information content (AvgIpc) is 3.20. The normalized spacial score (nSPS) is 11.1. The van der Waals surface area contributed by atoms with E-state index in [-0.39, 0.29) is 28.2 Å². The summed E-state index contributed by atoms with van der Waals surface area (Å²) >= 11 is 1.32. The molecule has 0 fully saturated rings. The molecule has 0 saturated carbocycles. The number of amides is 1. The van der Waals surface area contributed by atoms with Crippen LogP contribution in [0.3, 0.4) is 0 Å². The summed E-state index contributed by atoms with van der Waals surface area (Å²) in [4.78, 5) is 35.1. The molecule has 3 heterocycles. The van der Waals surface area contributed by atoms with Crippen molar-refractivity contribution in [3.8, 4) is 16.4 Å². The van der Waals surface area contributed by atoms with Gasteiger partial charge in [0.05, 0.1) is 5.56 Å². The van der Waals surface area contributed by atoms with Crippen molar-refractivity contribution in [3.05, 3.63) is 63.8 Å². The molecule has 0 saturated heterocycles. The van der Waals surface area contributed by atoms with Crippen LogP contribution < -0.4 is 11.4 Å². The SMILES string of the molecule is NC(=O)c1nc(-c2ccccc2F)nc2c1[nH]c(=O)n2-c1cccs1. The van der Waals surface area contributed by atoms with E-state index in [1.54, 1.807) is 23.6 Å². The molecule has 25 heavy (non-hydrogen) atoms. The molecule has 0 aliphatic carbocycles. The van der Waals surface area contributed by atoms with Crippen LogP contribution in [0.2, 0.25) is 0 Å². The zero-order chi connectivity index (χ0) is 17.6. The van der Waals surface area contributed by atoms with Crippen molar-refractivity contribution >= 4 is 28.4 Å². The largest absolute Gasteiger partial charge is 0.364 e. The molecule has 3 N–H and O–H groups in total. The highest BCUT2D eigenvalue weighted by atomic mass is 32.1. The van der Waals surface area contributed by atoms with E-state index in [1.165, 1.54) is 34.1 Å². The quantitative estimate of drug-likeness (QED) is 0.587. The van der Waals surface area contributed by atoms with Crippen LogP contribution in [0.1, 0.15) is 10.5 Å². The summed E-state index contributed by atoms with van der Waals surface area (Å²) < 4.78 is 15.4. The van der Waals surface area contributed by atoms with Crippen molar-refractivity contribution < 1.29 is 9.18 Å². The number of imidazole rings is 1. The molecule has 124 valence electrons. The monoisotopic (exact) mass is 355 g/mol. The maximum Gasteiger partial charge on any atom is 0.333 e. The van der Waals surface area contributed by atoms with E-state index in [0.717, 1.165) is 0 Å². The van der Waals surface area contributed by atoms with Crippen molar-refractivity contribution in [2.75, 3.05) is 0 Å². The van der Waals surface area contributed by atoms with Gasteiger partial charge in [0.1, 0.15) is 16.3 Å². The number of thiophene rings is 1. The predicted molar refractivity (Wildman–Crippen MR) is 91.3 cm³/mol. The lowest BCUT2D eigenvalue weighted by Gasteiger charge is -2.06. The van der Waals surface area contributed by atoms with Gasteiger partial charge in [0, 0.05) is 0 Å². The van der Waals surface area contributed by atoms with E-state index in [1.807, 2.05) is 0 Å². The van der Waals surface area contributed by atoms with Gasteiger partial charge in [0.25, 0.3) is 5.91 Å². The molecule has 4 aromatic rings. The summed E-state index contributed by atoms with van der Waals surface area (Å²) in [6.45, 7) is 0. The fraction of sp³-hybridized carbons (Fsp3) is 0. The molecular formula is C16H10FN5O2S. The van der Waals surface area contributed by atoms with Gasteiger partial charge in [-0.05, 0) is 29.6 Å². The lowest BCUT2D eigenvalue weighted by Crippen LogP contribution is -2.15. The summed E-state index contributed by atoms with van der Waals surface area (Å²) in [6, 6.07) is 9.41. The van der Waals surface area contributed by atoms with Gasteiger partial charge in [0.2, 0.25) is 0 Å². The Morgan fingerprint density at radius 1 is 1.20 bits per heavy atom. The van der Waals surface area contributed by atoms with Gasteiger partial charge in [0.15, 0.2) is 17.2 Å². The predicted octanol–water partition coefficient (Wildman–Crippen LogP) is 2.08. The van der Waals surface area contributed by atoms with Crippen LogP contribution in [0, 0.1) is 5.82 Å². The van der Waals surface area contributed by atoms with E-state index in [0.29, 0.717) is 5.00 Å². The number of aromatic nitrogens is 4. The second-order valence-corrected chi connectivity index (χ2v) is 6.08. The third-order valence-corrected chi connectivity index (χ3v) is 4.46. The van der Waals surface area contributed by atoms with Crippen molar-refractivity contribution in [2.24, 2.45) is 5.73 Å². The van der Waals surface area contributed by atoms with Crippen LogP contribution in [-0.2, 0) is 0 Å². The maximum absolute atomic E-state index is 14.1. The smallest absolute Gasteiger partial charge is 0.333 e. The number of benzene rings is 1. The van der Waals surface area contributed by atoms with Crippen LogP contribution in [0.5, 0.6) is 0 Å². The molecule has 7 nitrogen and oxygen atoms in total. The highest BCUT2D eigenvalue weighted by molar-refractivity contribution is 7.12. The molecule has 1 amide bonds. The number of H-pyrrole nitrogens is 1. The van der Waals surface area contributed by atoms with Crippen molar-refractivity contribution in [2.45, 2.75) is 0 Å². The molecule has 4 rings (SSSR count). The first-order chi connectivity index (χ1) is 12.1. The summed E-state index contributed by atoms with van der Waals surface area (Å²) in [7, 11) is 0. The van der Waals surface area contributed by atoms with Crippen LogP contribution >= 0.6 is 11.3 Å². The molecule has 1 aromatic carbocycles. The van der Waals surface area contributed by atoms with Gasteiger partial charge in [-0.1, -0.05) is 12.1 Å². The number of aromatic amines is 1. The molecular weight excluding hydrogens is 345 g/mol. The number of halogens is 1. The van der Waals surface area contributed by atoms with Gasteiger partial charge < -0.3 is 10.7 Å². The highest BCUT2D eigenvalue weighted by Gasteiger charge is 2.21. The topological polar surface area (TPSA) is 107 Å². The number of carbonyl (C=O) groups is 1. The molecule has 0 unspecified atom stereocenters. The van der Waals surface area contributed by atoms with Crippen molar-refractivity contribution in [3.63, 3.8) is 0 Å². The van der Waals surface area contributed by atoms with E-state index < -0.39 is 17.4 Å². The molecule has 9 heteroatoms. The van der Waals surface area contributed by atoms with Crippen LogP contribution in [0.15, 0.2) is 46.6 Å². The number of nitrogens with two attached hydrogens (primary N) is 1. The van der Waals surface area contributed by atoms with E-state index in [4.69, 9.17) is 5.73 Å². The summed E-state index contributed by atoms with van der Waals surface area (Å²) in [5.41, 5.74) is 5.12. The minimum atomic E-state index is -0.843. The lowest BCUT2D eigenvalue weighted by atomic mass is 10.2. The fourth-order valence-electron chi connectivity index (χ4n) is 2.53. The third kappa shape index (κ3) is 2.41. The summed E-state index contributed by atoms with van der Waals surface area (Å²) in [6.07, 6.45) is 0. The number of rotatable bonds is 3. The number of primary amides is 1. The van der Waals surface area contributed by atoms with Gasteiger partial charge in [-0.25, -0.2) is 23.7 Å². The first-order valence-electron chi connectivity index (χ1n) is 7.17. The second kappa shape index (κ2) is 5.64. The number of nitrogens with one attached hydrogen (secondary N) is 1. The Kier molecular flexibility index (Phi) is 3.43. The number of nitrogens with zero attached hydrogens (tertiary/aromatic N) is 3. The van der Waals surface area contributed by atoms with Gasteiger partial charge in [-0.15, -0.1) is 11.3 Å². The zero-order valence-electron chi connectivity index (χ0n) is 12.6. The summed E-state index contributed by atoms with van der Waals surface area (Å²) in [5, 5.41) is 2.40. The second-order valence-electron chi connectivity index (χ2n) is 5.16. The summed E-state index contributed by atoms with van der Waals surface area (Å²) in [5.74, 6) is -1.41. The minimum Gasteiger partial charge on any atom is -0.364 e. The molecule has 0 radical (unpaired) electrons. The Bertz CT molecular complexity index is 1160. The molecule has 0 aliphatic heterocycles. The standard InChI is InChI=1S/C16H10FN5O2S/c17-9-5-2-1-4-8(9)14-19-11(13(18)23)12-15(21-14)22(16(24)20-12)10-6-3-7-25-10/h1-7H,(H2,18,23)(H,20,24). The van der Waals surface area contributed by atoms with Crippen molar-refractivity contribution in [1.82, 2.24) is 19.5 Å². The van der Waals surface area contributed by atoms with Crippen LogP contribution in [-0.4, -0.2) is 25.4 Å². The van der Waals surface area contributed by atoms with Gasteiger partial charge >= 0.3 is 5.69 Å². The highest BCUT2D eigenvalue weighted by Crippen LogP contribution is 2.24. The van der Waals surface area contributed by atoms with E-state index >= 15 is 0 Å². The third-order valence-electron chi connectivity index (χ3n) is 3.61. The van der Waals surface area contributed by atoms with Gasteiger partial charge in [-0.2, -0.15) is 0 Å². The number of fused-ring (bicyclic) bond motifs is 1.